The fourth-order valence-electron chi connectivity index (χ4n) is 3.67. The van der Waals surface area contributed by atoms with Crippen LogP contribution < -0.4 is 15.8 Å². The predicted octanol–water partition coefficient (Wildman–Crippen LogP) is 1.03. The lowest BCUT2D eigenvalue weighted by molar-refractivity contribution is -0.146. The number of pyridine rings is 1. The van der Waals surface area contributed by atoms with E-state index in [1.165, 1.54) is 42.5 Å². The first kappa shape index (κ1) is 23.4. The van der Waals surface area contributed by atoms with Gasteiger partial charge in [0.15, 0.2) is 0 Å². The molecule has 1 aromatic heterocycles. The number of hydrogen-bond donors (Lipinski definition) is 3. The van der Waals surface area contributed by atoms with E-state index in [1.54, 1.807) is 12.1 Å². The smallest absolute Gasteiger partial charge is 0.313 e. The lowest BCUT2D eigenvalue weighted by Crippen LogP contribution is -2.46. The molecule has 11 heteroatoms. The summed E-state index contributed by atoms with van der Waals surface area (Å²) in [6.07, 6.45) is 4.07. The van der Waals surface area contributed by atoms with Crippen LogP contribution in [0.25, 0.3) is 0 Å². The number of aromatic nitrogens is 1. The molecule has 32 heavy (non-hydrogen) atoms. The van der Waals surface area contributed by atoms with Gasteiger partial charge in [0.05, 0.1) is 28.4 Å². The molecule has 3 rings (SSSR count). The van der Waals surface area contributed by atoms with E-state index in [2.05, 4.69) is 15.0 Å². The number of benzene rings is 1. The van der Waals surface area contributed by atoms with E-state index in [0.717, 1.165) is 12.0 Å². The maximum atomic E-state index is 13.0. The topological polar surface area (TPSA) is 152 Å². The van der Waals surface area contributed by atoms with Gasteiger partial charge < -0.3 is 16.0 Å². The van der Waals surface area contributed by atoms with Crippen molar-refractivity contribution in [2.24, 2.45) is 11.7 Å². The molecule has 0 aliphatic carbocycles. The Morgan fingerprint density at radius 3 is 2.44 bits per heavy atom. The number of carbonyl (C=O) groups excluding carboxylic acids is 3. The predicted molar refractivity (Wildman–Crippen MR) is 117 cm³/mol. The highest BCUT2D eigenvalue weighted by Gasteiger charge is 2.34. The summed E-state index contributed by atoms with van der Waals surface area (Å²) in [6.45, 7) is 2.38. The van der Waals surface area contributed by atoms with Gasteiger partial charge in [-0.05, 0) is 49.6 Å². The molecule has 4 N–H and O–H groups in total. The minimum absolute atomic E-state index is 0.108. The van der Waals surface area contributed by atoms with Crippen LogP contribution in [0.1, 0.15) is 41.7 Å². The third-order valence-corrected chi connectivity index (χ3v) is 6.83. The molecule has 0 radical (unpaired) electrons. The van der Waals surface area contributed by atoms with Crippen molar-refractivity contribution in [1.82, 2.24) is 14.6 Å². The van der Waals surface area contributed by atoms with E-state index in [-0.39, 0.29) is 28.1 Å². The zero-order valence-corrected chi connectivity index (χ0v) is 18.6. The van der Waals surface area contributed by atoms with Crippen molar-refractivity contribution < 1.29 is 22.8 Å². The third-order valence-electron chi connectivity index (χ3n) is 5.40. The van der Waals surface area contributed by atoms with Gasteiger partial charge in [-0.25, -0.2) is 13.1 Å². The lowest BCUT2D eigenvalue weighted by Gasteiger charge is -2.38. The van der Waals surface area contributed by atoms with Crippen molar-refractivity contribution in [3.8, 4) is 0 Å². The Balaban J connectivity index is 1.81. The number of amides is 3. The number of sulfonamides is 1. The van der Waals surface area contributed by atoms with Gasteiger partial charge >= 0.3 is 11.8 Å². The number of nitrogens with two attached hydrogens (primary N) is 1. The Kier molecular flexibility index (Phi) is 6.90. The molecular weight excluding hydrogens is 434 g/mol. The van der Waals surface area contributed by atoms with E-state index >= 15 is 0 Å². The summed E-state index contributed by atoms with van der Waals surface area (Å²) >= 11 is 0. The Labute approximate surface area is 186 Å². The molecule has 0 spiro atoms. The van der Waals surface area contributed by atoms with Crippen molar-refractivity contribution in [2.45, 2.75) is 30.7 Å². The Hall–Kier alpha value is -3.31. The van der Waals surface area contributed by atoms with Gasteiger partial charge in [-0.15, -0.1) is 0 Å². The molecular formula is C21H25N5O5S. The van der Waals surface area contributed by atoms with Crippen molar-refractivity contribution in [2.75, 3.05) is 18.9 Å². The highest BCUT2D eigenvalue weighted by Crippen LogP contribution is 2.34. The largest absolute Gasteiger partial charge is 0.366 e. The molecule has 2 atom stereocenters. The fraction of sp³-hybridized carbons (Fsp3) is 0.333. The number of hydrogen-bond acceptors (Lipinski definition) is 6. The monoisotopic (exact) mass is 459 g/mol. The number of likely N-dealkylation sites (tertiary alicyclic amines) is 1. The van der Waals surface area contributed by atoms with E-state index in [1.807, 2.05) is 6.92 Å². The molecule has 0 unspecified atom stereocenters. The van der Waals surface area contributed by atoms with Crippen LogP contribution in [0.4, 0.5) is 5.69 Å². The number of primary amides is 1. The second-order valence-electron chi connectivity index (χ2n) is 7.71. The molecule has 0 saturated carbocycles. The summed E-state index contributed by atoms with van der Waals surface area (Å²) in [7, 11) is -2.24. The van der Waals surface area contributed by atoms with E-state index in [0.29, 0.717) is 13.0 Å². The standard InChI is InChI=1S/C21H25N5O5S/c1-13-3-8-18(14-4-6-17(7-5-14)32(30,31)23-2)26(12-13)21(29)20(28)25-16-9-15(19(22)27)10-24-11-16/h4-7,9-11,13,18,23H,3,8,12H2,1-2H3,(H2,22,27)(H,25,28)/t13-,18+/m1/s1. The molecule has 1 fully saturated rings. The number of carbonyl (C=O) groups is 3. The molecule has 0 bridgehead atoms. The highest BCUT2D eigenvalue weighted by atomic mass is 32.2. The van der Waals surface area contributed by atoms with Gasteiger partial charge in [0.1, 0.15) is 0 Å². The van der Waals surface area contributed by atoms with Gasteiger partial charge in [0.2, 0.25) is 15.9 Å². The molecule has 170 valence electrons. The van der Waals surface area contributed by atoms with Gasteiger partial charge in [0, 0.05) is 12.7 Å². The summed E-state index contributed by atoms with van der Waals surface area (Å²) in [5.41, 5.74) is 6.26. The maximum absolute atomic E-state index is 13.0. The van der Waals surface area contributed by atoms with Gasteiger partial charge in [-0.1, -0.05) is 19.1 Å². The summed E-state index contributed by atoms with van der Waals surface area (Å²) in [5.74, 6) is -2.08. The summed E-state index contributed by atoms with van der Waals surface area (Å²) in [4.78, 5) is 42.5. The zero-order chi connectivity index (χ0) is 23.5. The molecule has 1 aliphatic heterocycles. The van der Waals surface area contributed by atoms with Crippen LogP contribution in [-0.4, -0.2) is 49.6 Å². The van der Waals surface area contributed by atoms with Crippen LogP contribution in [0, 0.1) is 5.92 Å². The Morgan fingerprint density at radius 2 is 1.81 bits per heavy atom. The lowest BCUT2D eigenvalue weighted by atomic mass is 9.90. The van der Waals surface area contributed by atoms with Crippen molar-refractivity contribution in [3.05, 3.63) is 53.9 Å². The van der Waals surface area contributed by atoms with Crippen LogP contribution in [0.2, 0.25) is 0 Å². The number of piperidine rings is 1. The average molecular weight is 460 g/mol. The number of rotatable bonds is 5. The second-order valence-corrected chi connectivity index (χ2v) is 9.60. The zero-order valence-electron chi connectivity index (χ0n) is 17.7. The molecule has 3 amide bonds. The molecule has 1 aromatic carbocycles. The first-order chi connectivity index (χ1) is 15.1. The third kappa shape index (κ3) is 5.11. The fourth-order valence-corrected chi connectivity index (χ4v) is 4.40. The van der Waals surface area contributed by atoms with Crippen molar-refractivity contribution in [3.63, 3.8) is 0 Å². The van der Waals surface area contributed by atoms with E-state index in [9.17, 15) is 22.8 Å². The number of anilines is 1. The quantitative estimate of drug-likeness (QED) is 0.568. The number of nitrogens with one attached hydrogen (secondary N) is 2. The molecule has 10 nitrogen and oxygen atoms in total. The molecule has 2 heterocycles. The molecule has 1 aliphatic rings. The van der Waals surface area contributed by atoms with Crippen LogP contribution in [-0.2, 0) is 19.6 Å². The highest BCUT2D eigenvalue weighted by molar-refractivity contribution is 7.89. The summed E-state index contributed by atoms with van der Waals surface area (Å²) in [5, 5.41) is 2.47. The van der Waals surface area contributed by atoms with E-state index in [4.69, 9.17) is 5.73 Å². The van der Waals surface area contributed by atoms with Crippen LogP contribution in [0.3, 0.4) is 0 Å². The van der Waals surface area contributed by atoms with Crippen LogP contribution >= 0.6 is 0 Å². The van der Waals surface area contributed by atoms with Crippen molar-refractivity contribution in [1.29, 1.82) is 0 Å². The van der Waals surface area contributed by atoms with Gasteiger partial charge in [0.25, 0.3) is 0 Å². The average Bonchev–Trinajstić information content (AvgIpc) is 2.78. The first-order valence-electron chi connectivity index (χ1n) is 10.0. The Bertz CT molecular complexity index is 1130. The maximum Gasteiger partial charge on any atom is 0.313 e. The van der Waals surface area contributed by atoms with Gasteiger partial charge in [-0.2, -0.15) is 0 Å². The minimum atomic E-state index is -3.58. The molecule has 1 saturated heterocycles. The van der Waals surface area contributed by atoms with E-state index < -0.39 is 27.7 Å². The summed E-state index contributed by atoms with van der Waals surface area (Å²) < 4.78 is 26.2. The SMILES string of the molecule is CNS(=O)(=O)c1ccc([C@@H]2CC[C@@H](C)CN2C(=O)C(=O)Nc2cncc(C(N)=O)c2)cc1. The second kappa shape index (κ2) is 9.45. The van der Waals surface area contributed by atoms with Crippen molar-refractivity contribution >= 4 is 33.4 Å². The summed E-state index contributed by atoms with van der Waals surface area (Å²) in [6, 6.07) is 7.24. The number of nitrogens with zero attached hydrogens (tertiary/aromatic N) is 2. The Morgan fingerprint density at radius 1 is 1.12 bits per heavy atom. The molecule has 2 aromatic rings. The van der Waals surface area contributed by atoms with Crippen LogP contribution in [0.5, 0.6) is 0 Å². The van der Waals surface area contributed by atoms with Crippen LogP contribution in [0.15, 0.2) is 47.6 Å². The normalized spacial score (nSPS) is 18.8. The van der Waals surface area contributed by atoms with Gasteiger partial charge in [-0.3, -0.25) is 19.4 Å². The first-order valence-corrected chi connectivity index (χ1v) is 11.5. The minimum Gasteiger partial charge on any atom is -0.366 e.